The van der Waals surface area contributed by atoms with Crippen LogP contribution in [0.5, 0.6) is 0 Å². The maximum absolute atomic E-state index is 13.6. The van der Waals surface area contributed by atoms with Crippen LogP contribution in [0, 0.1) is 11.7 Å². The molecule has 0 amide bonds. The Kier molecular flexibility index (Phi) is 5.10. The van der Waals surface area contributed by atoms with Crippen molar-refractivity contribution in [2.75, 3.05) is 6.61 Å². The summed E-state index contributed by atoms with van der Waals surface area (Å²) in [4.78, 5) is -0.519. The van der Waals surface area contributed by atoms with E-state index in [-0.39, 0.29) is 17.5 Å². The van der Waals surface area contributed by atoms with E-state index >= 15 is 0 Å². The Balaban J connectivity index is 3.11. The molecule has 0 heterocycles. The van der Waals surface area contributed by atoms with Gasteiger partial charge in [0.15, 0.2) is 5.82 Å². The van der Waals surface area contributed by atoms with E-state index in [9.17, 15) is 12.8 Å². The van der Waals surface area contributed by atoms with Gasteiger partial charge in [-0.25, -0.2) is 17.5 Å². The molecule has 1 aromatic carbocycles. The van der Waals surface area contributed by atoms with E-state index in [1.54, 1.807) is 13.8 Å². The van der Waals surface area contributed by atoms with Crippen LogP contribution in [0.25, 0.3) is 0 Å². The third kappa shape index (κ3) is 3.41. The molecule has 0 radical (unpaired) electrons. The van der Waals surface area contributed by atoms with E-state index in [2.05, 4.69) is 4.72 Å². The number of hydrogen-bond donors (Lipinski definition) is 2. The molecule has 0 aromatic heterocycles. The molecule has 0 saturated carbocycles. The van der Waals surface area contributed by atoms with Gasteiger partial charge in [0.1, 0.15) is 4.90 Å². The predicted octanol–water partition coefficient (Wildman–Crippen LogP) is 1.77. The van der Waals surface area contributed by atoms with Crippen molar-refractivity contribution in [2.45, 2.75) is 24.8 Å². The lowest BCUT2D eigenvalue weighted by atomic mass is 10.1. The number of benzene rings is 1. The van der Waals surface area contributed by atoms with Crippen molar-refractivity contribution in [1.29, 1.82) is 0 Å². The standard InChI is InChI=1S/C11H15ClFNO3S/c1-7(2)9(6-15)14-18(16,17)10-5-3-4-8(12)11(10)13/h3-5,7,9,14-15H,6H2,1-2H3/t9-/m1/s1. The molecule has 0 spiro atoms. The molecule has 7 heteroatoms. The van der Waals surface area contributed by atoms with E-state index in [1.807, 2.05) is 0 Å². The Morgan fingerprint density at radius 2 is 2.06 bits per heavy atom. The van der Waals surface area contributed by atoms with Crippen molar-refractivity contribution in [3.63, 3.8) is 0 Å². The Morgan fingerprint density at radius 1 is 1.44 bits per heavy atom. The third-order valence-corrected chi connectivity index (χ3v) is 4.31. The van der Waals surface area contributed by atoms with E-state index in [0.717, 1.165) is 6.07 Å². The molecule has 1 atom stereocenters. The molecule has 0 aliphatic carbocycles. The summed E-state index contributed by atoms with van der Waals surface area (Å²) in [5.74, 6) is -1.11. The number of halogens is 2. The van der Waals surface area contributed by atoms with Crippen LogP contribution >= 0.6 is 11.6 Å². The van der Waals surface area contributed by atoms with Gasteiger partial charge in [-0.2, -0.15) is 0 Å². The van der Waals surface area contributed by atoms with Gasteiger partial charge in [-0.1, -0.05) is 31.5 Å². The SMILES string of the molecule is CC(C)[C@@H](CO)NS(=O)(=O)c1cccc(Cl)c1F. The molecule has 102 valence electrons. The minimum atomic E-state index is -4.04. The Morgan fingerprint density at radius 3 is 2.56 bits per heavy atom. The van der Waals surface area contributed by atoms with Crippen LogP contribution in [-0.4, -0.2) is 26.2 Å². The molecule has 0 aliphatic heterocycles. The zero-order valence-electron chi connectivity index (χ0n) is 10.0. The number of nitrogens with one attached hydrogen (secondary N) is 1. The summed E-state index contributed by atoms with van der Waals surface area (Å²) in [6.45, 7) is 3.13. The molecule has 2 N–H and O–H groups in total. The van der Waals surface area contributed by atoms with Crippen molar-refractivity contribution < 1.29 is 17.9 Å². The quantitative estimate of drug-likeness (QED) is 0.870. The molecule has 4 nitrogen and oxygen atoms in total. The highest BCUT2D eigenvalue weighted by Gasteiger charge is 2.25. The maximum Gasteiger partial charge on any atom is 0.243 e. The van der Waals surface area contributed by atoms with Crippen LogP contribution in [-0.2, 0) is 10.0 Å². The maximum atomic E-state index is 13.6. The second-order valence-electron chi connectivity index (χ2n) is 4.21. The van der Waals surface area contributed by atoms with Crippen molar-refractivity contribution >= 4 is 21.6 Å². The molecular weight excluding hydrogens is 281 g/mol. The topological polar surface area (TPSA) is 66.4 Å². The lowest BCUT2D eigenvalue weighted by Crippen LogP contribution is -2.41. The summed E-state index contributed by atoms with van der Waals surface area (Å²) in [6, 6.07) is 3.07. The predicted molar refractivity (Wildman–Crippen MR) is 67.4 cm³/mol. The molecule has 0 bridgehead atoms. The minimum absolute atomic E-state index is 0.118. The van der Waals surface area contributed by atoms with Crippen molar-refractivity contribution in [3.8, 4) is 0 Å². The largest absolute Gasteiger partial charge is 0.395 e. The van der Waals surface area contributed by atoms with Gasteiger partial charge in [-0.05, 0) is 18.1 Å². The molecule has 0 aliphatic rings. The van der Waals surface area contributed by atoms with Gasteiger partial charge in [0, 0.05) is 6.04 Å². The number of hydrogen-bond acceptors (Lipinski definition) is 3. The summed E-state index contributed by atoms with van der Waals surface area (Å²) in [5.41, 5.74) is 0. The van der Waals surface area contributed by atoms with Gasteiger partial charge >= 0.3 is 0 Å². The smallest absolute Gasteiger partial charge is 0.243 e. The zero-order chi connectivity index (χ0) is 13.9. The summed E-state index contributed by atoms with van der Waals surface area (Å²) in [7, 11) is -4.04. The first-order chi connectivity index (χ1) is 8.29. The Bertz CT molecular complexity index is 519. The summed E-state index contributed by atoms with van der Waals surface area (Å²) in [6.07, 6.45) is 0. The average molecular weight is 296 g/mol. The second-order valence-corrected chi connectivity index (χ2v) is 6.30. The second kappa shape index (κ2) is 5.97. The first kappa shape index (κ1) is 15.4. The van der Waals surface area contributed by atoms with Crippen LogP contribution in [0.3, 0.4) is 0 Å². The van der Waals surface area contributed by atoms with E-state index < -0.39 is 26.8 Å². The summed E-state index contributed by atoms with van der Waals surface area (Å²) in [5, 5.41) is 8.82. The molecule has 1 rings (SSSR count). The third-order valence-electron chi connectivity index (χ3n) is 2.51. The van der Waals surface area contributed by atoms with Gasteiger partial charge in [0.2, 0.25) is 10.0 Å². The Hall–Kier alpha value is -0.690. The van der Waals surface area contributed by atoms with Gasteiger partial charge in [-0.3, -0.25) is 0 Å². The van der Waals surface area contributed by atoms with Gasteiger partial charge in [-0.15, -0.1) is 0 Å². The number of rotatable bonds is 5. The van der Waals surface area contributed by atoms with E-state index in [4.69, 9.17) is 16.7 Å². The molecule has 0 saturated heterocycles. The average Bonchev–Trinajstić information content (AvgIpc) is 2.29. The Labute approximate surface area is 111 Å². The minimum Gasteiger partial charge on any atom is -0.395 e. The number of aliphatic hydroxyl groups is 1. The zero-order valence-corrected chi connectivity index (χ0v) is 11.6. The fourth-order valence-corrected chi connectivity index (χ4v) is 3.04. The highest BCUT2D eigenvalue weighted by molar-refractivity contribution is 7.89. The molecular formula is C11H15ClFNO3S. The van der Waals surface area contributed by atoms with E-state index in [1.165, 1.54) is 12.1 Å². The van der Waals surface area contributed by atoms with E-state index in [0.29, 0.717) is 0 Å². The molecule has 0 unspecified atom stereocenters. The molecule has 18 heavy (non-hydrogen) atoms. The summed E-state index contributed by atoms with van der Waals surface area (Å²) >= 11 is 5.54. The highest BCUT2D eigenvalue weighted by atomic mass is 35.5. The molecule has 1 aromatic rings. The number of sulfonamides is 1. The van der Waals surface area contributed by atoms with Gasteiger partial charge < -0.3 is 5.11 Å². The van der Waals surface area contributed by atoms with Crippen LogP contribution in [0.15, 0.2) is 23.1 Å². The van der Waals surface area contributed by atoms with Crippen molar-refractivity contribution in [3.05, 3.63) is 29.0 Å². The van der Waals surface area contributed by atoms with Crippen LogP contribution in [0.1, 0.15) is 13.8 Å². The number of aliphatic hydroxyl groups excluding tert-OH is 1. The first-order valence-corrected chi connectivity index (χ1v) is 7.23. The fraction of sp³-hybridized carbons (Fsp3) is 0.455. The van der Waals surface area contributed by atoms with Crippen molar-refractivity contribution in [1.82, 2.24) is 4.72 Å². The monoisotopic (exact) mass is 295 g/mol. The fourth-order valence-electron chi connectivity index (χ4n) is 1.34. The summed E-state index contributed by atoms with van der Waals surface area (Å²) < 4.78 is 39.8. The van der Waals surface area contributed by atoms with Gasteiger partial charge in [0.25, 0.3) is 0 Å². The van der Waals surface area contributed by atoms with Crippen LogP contribution < -0.4 is 4.72 Å². The highest BCUT2D eigenvalue weighted by Crippen LogP contribution is 2.22. The van der Waals surface area contributed by atoms with Crippen LogP contribution in [0.2, 0.25) is 5.02 Å². The normalized spacial score (nSPS) is 13.9. The lowest BCUT2D eigenvalue weighted by Gasteiger charge is -2.20. The van der Waals surface area contributed by atoms with Crippen molar-refractivity contribution in [2.24, 2.45) is 5.92 Å². The van der Waals surface area contributed by atoms with Gasteiger partial charge in [0.05, 0.1) is 11.6 Å². The molecule has 0 fully saturated rings. The first-order valence-electron chi connectivity index (χ1n) is 5.36. The van der Waals surface area contributed by atoms with Crippen LogP contribution in [0.4, 0.5) is 4.39 Å². The lowest BCUT2D eigenvalue weighted by molar-refractivity contribution is 0.227.